The first-order valence-corrected chi connectivity index (χ1v) is 8.33. The average molecular weight is 328 g/mol. The third kappa shape index (κ3) is 3.25. The first-order valence-electron chi connectivity index (χ1n) is 8.33. The summed E-state index contributed by atoms with van der Waals surface area (Å²) in [7, 11) is 1.84. The van der Waals surface area contributed by atoms with E-state index in [0.717, 1.165) is 36.0 Å². The molecule has 2 aromatic rings. The van der Waals surface area contributed by atoms with E-state index in [2.05, 4.69) is 25.3 Å². The molecule has 128 valence electrons. The summed E-state index contributed by atoms with van der Waals surface area (Å²) in [6.45, 7) is 8.09. The van der Waals surface area contributed by atoms with Crippen LogP contribution in [0.2, 0.25) is 0 Å². The van der Waals surface area contributed by atoms with E-state index in [1.54, 1.807) is 4.68 Å². The molecule has 1 N–H and O–H groups in total. The van der Waals surface area contributed by atoms with E-state index in [1.807, 2.05) is 33.9 Å². The highest BCUT2D eigenvalue weighted by molar-refractivity contribution is 5.96. The molecule has 1 fully saturated rings. The number of amides is 1. The predicted octanol–water partition coefficient (Wildman–Crippen LogP) is 1.67. The predicted molar refractivity (Wildman–Crippen MR) is 92.1 cm³/mol. The second kappa shape index (κ2) is 6.59. The van der Waals surface area contributed by atoms with Crippen LogP contribution in [-0.4, -0.2) is 38.7 Å². The minimum Gasteiger partial charge on any atom is -0.357 e. The van der Waals surface area contributed by atoms with E-state index in [0.29, 0.717) is 17.9 Å². The van der Waals surface area contributed by atoms with Crippen LogP contribution in [0.5, 0.6) is 0 Å². The molecule has 24 heavy (non-hydrogen) atoms. The van der Waals surface area contributed by atoms with Gasteiger partial charge in [0.05, 0.1) is 17.8 Å². The molecule has 1 aliphatic heterocycles. The molecular formula is C17H24N6O. The van der Waals surface area contributed by atoms with Gasteiger partial charge in [-0.2, -0.15) is 5.10 Å². The van der Waals surface area contributed by atoms with Crippen molar-refractivity contribution < 1.29 is 4.79 Å². The minimum absolute atomic E-state index is 0.133. The largest absolute Gasteiger partial charge is 0.357 e. The molecule has 7 nitrogen and oxygen atoms in total. The zero-order valence-corrected chi connectivity index (χ0v) is 14.8. The van der Waals surface area contributed by atoms with Gasteiger partial charge >= 0.3 is 0 Å². The monoisotopic (exact) mass is 328 g/mol. The lowest BCUT2D eigenvalue weighted by atomic mass is 10.2. The van der Waals surface area contributed by atoms with E-state index in [1.165, 1.54) is 12.8 Å². The summed E-state index contributed by atoms with van der Waals surface area (Å²) < 4.78 is 1.72. The van der Waals surface area contributed by atoms with Crippen LogP contribution in [0.1, 0.15) is 46.1 Å². The number of rotatable bonds is 4. The number of aryl methyl sites for hydroxylation is 3. The van der Waals surface area contributed by atoms with Crippen LogP contribution in [0.3, 0.4) is 0 Å². The maximum Gasteiger partial charge on any atom is 0.255 e. The third-order valence-electron chi connectivity index (χ3n) is 4.46. The Morgan fingerprint density at radius 3 is 2.54 bits per heavy atom. The van der Waals surface area contributed by atoms with Crippen LogP contribution < -0.4 is 10.2 Å². The van der Waals surface area contributed by atoms with Gasteiger partial charge in [-0.3, -0.25) is 9.48 Å². The van der Waals surface area contributed by atoms with Crippen molar-refractivity contribution in [2.75, 3.05) is 18.0 Å². The standard InChI is InChI=1S/C17H24N6O/c1-11-9-15(23-7-5-6-8-23)20-14(19-11)10-18-17(24)16-12(2)21-22(4)13(16)3/h9H,5-8,10H2,1-4H3,(H,18,24). The minimum atomic E-state index is -0.133. The van der Waals surface area contributed by atoms with Gasteiger partial charge in [-0.1, -0.05) is 0 Å². The van der Waals surface area contributed by atoms with Gasteiger partial charge in [-0.25, -0.2) is 9.97 Å². The Hall–Kier alpha value is -2.44. The van der Waals surface area contributed by atoms with Crippen LogP contribution in [0.4, 0.5) is 5.82 Å². The lowest BCUT2D eigenvalue weighted by molar-refractivity contribution is 0.0948. The Labute approximate surface area is 142 Å². The number of carbonyl (C=O) groups excluding carboxylic acids is 1. The summed E-state index contributed by atoms with van der Waals surface area (Å²) in [5.41, 5.74) is 3.14. The van der Waals surface area contributed by atoms with Crippen molar-refractivity contribution in [3.8, 4) is 0 Å². The summed E-state index contributed by atoms with van der Waals surface area (Å²) in [5.74, 6) is 1.47. The van der Waals surface area contributed by atoms with Gasteiger partial charge in [-0.05, 0) is 33.6 Å². The molecule has 0 saturated carbocycles. The molecule has 7 heteroatoms. The van der Waals surface area contributed by atoms with Crippen molar-refractivity contribution in [1.82, 2.24) is 25.1 Å². The molecule has 1 saturated heterocycles. The van der Waals surface area contributed by atoms with Crippen LogP contribution in [0, 0.1) is 20.8 Å². The average Bonchev–Trinajstić information content (AvgIpc) is 3.14. The first-order chi connectivity index (χ1) is 11.5. The van der Waals surface area contributed by atoms with E-state index < -0.39 is 0 Å². The quantitative estimate of drug-likeness (QED) is 0.924. The topological polar surface area (TPSA) is 75.9 Å². The maximum atomic E-state index is 12.5. The summed E-state index contributed by atoms with van der Waals surface area (Å²) >= 11 is 0. The number of hydrogen-bond acceptors (Lipinski definition) is 5. The Balaban J connectivity index is 1.73. The fourth-order valence-electron chi connectivity index (χ4n) is 3.15. The van der Waals surface area contributed by atoms with Gasteiger partial charge in [0.25, 0.3) is 5.91 Å². The smallest absolute Gasteiger partial charge is 0.255 e. The normalized spacial score (nSPS) is 14.2. The van der Waals surface area contributed by atoms with E-state index in [-0.39, 0.29) is 5.91 Å². The highest BCUT2D eigenvalue weighted by Gasteiger charge is 2.18. The van der Waals surface area contributed by atoms with Crippen molar-refractivity contribution in [2.24, 2.45) is 7.05 Å². The molecule has 1 amide bonds. The Morgan fingerprint density at radius 2 is 1.92 bits per heavy atom. The highest BCUT2D eigenvalue weighted by atomic mass is 16.1. The lowest BCUT2D eigenvalue weighted by Crippen LogP contribution is -2.26. The summed E-state index contributed by atoms with van der Waals surface area (Å²) in [4.78, 5) is 23.8. The van der Waals surface area contributed by atoms with Gasteiger partial charge in [-0.15, -0.1) is 0 Å². The molecule has 0 unspecified atom stereocenters. The molecule has 0 atom stereocenters. The third-order valence-corrected chi connectivity index (χ3v) is 4.46. The van der Waals surface area contributed by atoms with Gasteiger partial charge in [0.1, 0.15) is 11.6 Å². The number of carbonyl (C=O) groups is 1. The Morgan fingerprint density at radius 1 is 1.21 bits per heavy atom. The number of nitrogens with zero attached hydrogens (tertiary/aromatic N) is 5. The number of nitrogens with one attached hydrogen (secondary N) is 1. The lowest BCUT2D eigenvalue weighted by Gasteiger charge is -2.17. The molecule has 3 heterocycles. The molecule has 1 aliphatic rings. The second-order valence-corrected chi connectivity index (χ2v) is 6.33. The first kappa shape index (κ1) is 16.4. The van der Waals surface area contributed by atoms with Crippen molar-refractivity contribution in [3.63, 3.8) is 0 Å². The molecule has 3 rings (SSSR count). The molecule has 0 spiro atoms. The summed E-state index contributed by atoms with van der Waals surface area (Å²) in [5, 5.41) is 7.20. The number of anilines is 1. The Bertz CT molecular complexity index is 761. The van der Waals surface area contributed by atoms with Gasteiger partial charge in [0.15, 0.2) is 0 Å². The van der Waals surface area contributed by atoms with Crippen LogP contribution >= 0.6 is 0 Å². The second-order valence-electron chi connectivity index (χ2n) is 6.33. The maximum absolute atomic E-state index is 12.5. The fraction of sp³-hybridized carbons (Fsp3) is 0.529. The van der Waals surface area contributed by atoms with Crippen LogP contribution in [-0.2, 0) is 13.6 Å². The van der Waals surface area contributed by atoms with E-state index in [9.17, 15) is 4.79 Å². The summed E-state index contributed by atoms with van der Waals surface area (Å²) in [6, 6.07) is 2.01. The van der Waals surface area contributed by atoms with E-state index in [4.69, 9.17) is 0 Å². The zero-order chi connectivity index (χ0) is 17.3. The Kier molecular flexibility index (Phi) is 4.51. The molecule has 0 aromatic carbocycles. The molecule has 2 aromatic heterocycles. The fourth-order valence-corrected chi connectivity index (χ4v) is 3.15. The van der Waals surface area contributed by atoms with E-state index >= 15 is 0 Å². The molecular weight excluding hydrogens is 304 g/mol. The van der Waals surface area contributed by atoms with Crippen molar-refractivity contribution in [1.29, 1.82) is 0 Å². The SMILES string of the molecule is Cc1cc(N2CCCC2)nc(CNC(=O)c2c(C)nn(C)c2C)n1. The molecule has 0 bridgehead atoms. The van der Waals surface area contributed by atoms with Crippen molar-refractivity contribution in [3.05, 3.63) is 34.5 Å². The van der Waals surface area contributed by atoms with Crippen LogP contribution in [0.15, 0.2) is 6.07 Å². The zero-order valence-electron chi connectivity index (χ0n) is 14.8. The number of hydrogen-bond donors (Lipinski definition) is 1. The van der Waals surface area contributed by atoms with Gasteiger partial charge < -0.3 is 10.2 Å². The van der Waals surface area contributed by atoms with Crippen molar-refractivity contribution >= 4 is 11.7 Å². The van der Waals surface area contributed by atoms with Gasteiger partial charge in [0, 0.05) is 37.6 Å². The van der Waals surface area contributed by atoms with Crippen molar-refractivity contribution in [2.45, 2.75) is 40.2 Å². The van der Waals surface area contributed by atoms with Crippen LogP contribution in [0.25, 0.3) is 0 Å². The summed E-state index contributed by atoms with van der Waals surface area (Å²) in [6.07, 6.45) is 2.41. The molecule has 0 aliphatic carbocycles. The molecule has 0 radical (unpaired) electrons. The van der Waals surface area contributed by atoms with Gasteiger partial charge in [0.2, 0.25) is 0 Å². The number of aromatic nitrogens is 4. The highest BCUT2D eigenvalue weighted by Crippen LogP contribution is 2.18.